The summed E-state index contributed by atoms with van der Waals surface area (Å²) in [6.07, 6.45) is 0. The number of thiazole rings is 2. The van der Waals surface area contributed by atoms with Crippen molar-refractivity contribution < 1.29 is 0 Å². The summed E-state index contributed by atoms with van der Waals surface area (Å²) in [6, 6.07) is 69.3. The maximum absolute atomic E-state index is 5.52. The van der Waals surface area contributed by atoms with Crippen LogP contribution in [0, 0.1) is 0 Å². The van der Waals surface area contributed by atoms with Gasteiger partial charge in [0.2, 0.25) is 0 Å². The van der Waals surface area contributed by atoms with Gasteiger partial charge in [0.25, 0.3) is 6.71 Å². The van der Waals surface area contributed by atoms with Crippen LogP contribution in [0.1, 0.15) is 105 Å². The molecule has 5 heterocycles. The predicted molar refractivity (Wildman–Crippen MR) is 347 cm³/mol. The largest absolute Gasteiger partial charge is 0.311 e. The summed E-state index contributed by atoms with van der Waals surface area (Å²) in [7, 11) is 0. The van der Waals surface area contributed by atoms with E-state index in [1.54, 1.807) is 22.7 Å². The molecule has 9 aromatic carbocycles. The number of hydrogen-bond acceptors (Lipinski definition) is 6. The lowest BCUT2D eigenvalue weighted by atomic mass is 9.33. The highest BCUT2D eigenvalue weighted by atomic mass is 32.1. The molecule has 0 saturated heterocycles. The molecule has 0 N–H and O–H groups in total. The van der Waals surface area contributed by atoms with Crippen molar-refractivity contribution in [1.29, 1.82) is 0 Å². The molecule has 3 aromatic heterocycles. The molecule has 394 valence electrons. The monoisotopic (exact) mass is 1080 g/mol. The van der Waals surface area contributed by atoms with E-state index < -0.39 is 0 Å². The minimum absolute atomic E-state index is 0.0150. The fourth-order valence-electron chi connectivity index (χ4n) is 12.4. The van der Waals surface area contributed by atoms with Gasteiger partial charge in [0, 0.05) is 56.0 Å². The van der Waals surface area contributed by atoms with Gasteiger partial charge in [-0.05, 0) is 133 Å². The maximum Gasteiger partial charge on any atom is 0.252 e. The number of hydrogen-bond donors (Lipinski definition) is 0. The van der Waals surface area contributed by atoms with Crippen LogP contribution in [-0.4, -0.2) is 21.2 Å². The number of rotatable bonds is 5. The number of anilines is 6. The van der Waals surface area contributed by atoms with E-state index >= 15 is 0 Å². The molecule has 0 spiro atoms. The van der Waals surface area contributed by atoms with E-state index in [9.17, 15) is 0 Å². The van der Waals surface area contributed by atoms with Crippen molar-refractivity contribution in [3.63, 3.8) is 0 Å². The zero-order valence-corrected chi connectivity index (χ0v) is 49.6. The lowest BCUT2D eigenvalue weighted by molar-refractivity contribution is 0.590. The number of fused-ring (bicyclic) bond motifs is 9. The van der Waals surface area contributed by atoms with Gasteiger partial charge in [0.05, 0.1) is 37.2 Å². The Morgan fingerprint density at radius 2 is 0.713 bits per heavy atom. The Kier molecular flexibility index (Phi) is 11.3. The van der Waals surface area contributed by atoms with Gasteiger partial charge < -0.3 is 14.4 Å². The van der Waals surface area contributed by atoms with Crippen molar-refractivity contribution in [2.45, 2.75) is 105 Å². The van der Waals surface area contributed by atoms with E-state index in [2.05, 4.69) is 279 Å². The zero-order valence-electron chi connectivity index (χ0n) is 48.0. The molecule has 2 aliphatic rings. The molecule has 0 bridgehead atoms. The highest BCUT2D eigenvalue weighted by molar-refractivity contribution is 7.22. The van der Waals surface area contributed by atoms with Crippen LogP contribution in [0.25, 0.3) is 69.1 Å². The standard InChI is InChI=1S/C72H66BN5S2/c1-69(2,3)45-25-21-43(22-26-45)67-74-56-39-54-60(41-64(56)79-67)76(49-33-29-47(30-34-49)71(7,8)9)62-37-51(78-58-19-15-13-17-52(58)53-18-14-16-20-59(53)78)38-63-66(62)73(54)55-40-57-65(80-68(75-57)44-23-27-46(28-24-44)70(4,5)6)42-61(55)77(63)50-35-31-48(32-36-50)72(10,11)12/h13-42H,1-12H3. The second-order valence-corrected chi connectivity index (χ2v) is 28.5. The highest BCUT2D eigenvalue weighted by Gasteiger charge is 2.45. The second kappa shape index (κ2) is 17.9. The van der Waals surface area contributed by atoms with Crippen molar-refractivity contribution in [3.8, 4) is 26.8 Å². The highest BCUT2D eigenvalue weighted by Crippen LogP contribution is 2.49. The molecule has 2 aliphatic heterocycles. The smallest absolute Gasteiger partial charge is 0.252 e. The van der Waals surface area contributed by atoms with Crippen molar-refractivity contribution in [3.05, 3.63) is 204 Å². The van der Waals surface area contributed by atoms with Crippen LogP contribution in [0.3, 0.4) is 0 Å². The summed E-state index contributed by atoms with van der Waals surface area (Å²) in [5.41, 5.74) is 23.6. The first-order valence-electron chi connectivity index (χ1n) is 28.2. The van der Waals surface area contributed by atoms with Gasteiger partial charge in [0.15, 0.2) is 0 Å². The van der Waals surface area contributed by atoms with Crippen molar-refractivity contribution in [1.82, 2.24) is 14.5 Å². The van der Waals surface area contributed by atoms with Crippen LogP contribution in [0.15, 0.2) is 182 Å². The predicted octanol–water partition coefficient (Wildman–Crippen LogP) is 18.6. The Morgan fingerprint density at radius 1 is 0.362 bits per heavy atom. The summed E-state index contributed by atoms with van der Waals surface area (Å²) in [6.45, 7) is 27.3. The average molecular weight is 1080 g/mol. The van der Waals surface area contributed by atoms with Crippen LogP contribution in [0.2, 0.25) is 0 Å². The van der Waals surface area contributed by atoms with Gasteiger partial charge in [-0.1, -0.05) is 192 Å². The minimum Gasteiger partial charge on any atom is -0.311 e. The van der Waals surface area contributed by atoms with Gasteiger partial charge in [-0.15, -0.1) is 22.7 Å². The summed E-state index contributed by atoms with van der Waals surface area (Å²) in [4.78, 5) is 16.2. The van der Waals surface area contributed by atoms with Crippen LogP contribution in [0.4, 0.5) is 34.1 Å². The normalized spacial score (nSPS) is 13.7. The molecule has 0 fully saturated rings. The minimum atomic E-state index is -0.159. The van der Waals surface area contributed by atoms with Crippen molar-refractivity contribution >= 4 is 122 Å². The van der Waals surface area contributed by atoms with Crippen LogP contribution >= 0.6 is 22.7 Å². The van der Waals surface area contributed by atoms with E-state index in [-0.39, 0.29) is 28.4 Å². The lowest BCUT2D eigenvalue weighted by Crippen LogP contribution is -2.61. The SMILES string of the molecule is CC(C)(C)c1ccc(-c2nc3cc4c(cc3s2)N(c2ccc(C(C)(C)C)cc2)c2cc(-n3c5ccccc5c5ccccc53)cc3c2B4c2cc4nc(-c5ccc(C(C)(C)C)cc5)sc4cc2N3c2ccc(C(C)(C)C)cc2)cc1. The Labute approximate surface area is 479 Å². The van der Waals surface area contributed by atoms with Gasteiger partial charge in [0.1, 0.15) is 10.0 Å². The molecule has 0 radical (unpaired) electrons. The Bertz CT molecular complexity index is 4160. The first-order valence-corrected chi connectivity index (χ1v) is 29.9. The fourth-order valence-corrected chi connectivity index (χ4v) is 14.4. The molecule has 8 heteroatoms. The van der Waals surface area contributed by atoms with E-state index in [4.69, 9.17) is 9.97 Å². The molecule has 0 atom stereocenters. The molecule has 0 amide bonds. The molecule has 0 unspecified atom stereocenters. The summed E-state index contributed by atoms with van der Waals surface area (Å²) < 4.78 is 4.81. The lowest BCUT2D eigenvalue weighted by Gasteiger charge is -2.44. The fraction of sp³-hybridized carbons (Fsp3) is 0.222. The Balaban J connectivity index is 1.09. The van der Waals surface area contributed by atoms with Gasteiger partial charge >= 0.3 is 0 Å². The summed E-state index contributed by atoms with van der Waals surface area (Å²) >= 11 is 3.57. The number of nitrogens with zero attached hydrogens (tertiary/aromatic N) is 5. The van der Waals surface area contributed by atoms with E-state index in [0.717, 1.165) is 81.4 Å². The average Bonchev–Trinajstić information content (AvgIpc) is 4.16. The number of benzene rings is 9. The Morgan fingerprint density at radius 3 is 1.07 bits per heavy atom. The molecule has 14 rings (SSSR count). The molecular weight excluding hydrogens is 1010 g/mol. The van der Waals surface area contributed by atoms with E-state index in [0.29, 0.717) is 0 Å². The topological polar surface area (TPSA) is 37.2 Å². The quantitative estimate of drug-likeness (QED) is 0.161. The van der Waals surface area contributed by atoms with E-state index in [1.165, 1.54) is 60.4 Å². The Hall–Kier alpha value is -7.78. The van der Waals surface area contributed by atoms with Crippen molar-refractivity contribution in [2.24, 2.45) is 0 Å². The van der Waals surface area contributed by atoms with Gasteiger partial charge in [-0.2, -0.15) is 0 Å². The third kappa shape index (κ3) is 8.23. The number of aromatic nitrogens is 3. The van der Waals surface area contributed by atoms with Gasteiger partial charge in [-0.3, -0.25) is 0 Å². The molecule has 12 aromatic rings. The van der Waals surface area contributed by atoms with Crippen LogP contribution in [-0.2, 0) is 21.7 Å². The van der Waals surface area contributed by atoms with Crippen molar-refractivity contribution in [2.75, 3.05) is 9.80 Å². The third-order valence-electron chi connectivity index (χ3n) is 16.9. The first kappa shape index (κ1) is 50.4. The maximum atomic E-state index is 5.52. The molecule has 0 saturated carbocycles. The molecule has 0 aliphatic carbocycles. The molecule has 5 nitrogen and oxygen atoms in total. The summed E-state index contributed by atoms with van der Waals surface area (Å²) in [5, 5.41) is 4.52. The third-order valence-corrected chi connectivity index (χ3v) is 19.0. The molecule has 80 heavy (non-hydrogen) atoms. The van der Waals surface area contributed by atoms with Crippen LogP contribution in [0.5, 0.6) is 0 Å². The second-order valence-electron chi connectivity index (χ2n) is 26.4. The van der Waals surface area contributed by atoms with E-state index in [1.807, 2.05) is 0 Å². The first-order chi connectivity index (χ1) is 38.2. The zero-order chi connectivity index (χ0) is 55.4. The molecular formula is C72H66BN5S2. The van der Waals surface area contributed by atoms with Crippen LogP contribution < -0.4 is 26.2 Å². The summed E-state index contributed by atoms with van der Waals surface area (Å²) in [5.74, 6) is 0. The number of para-hydroxylation sites is 2. The van der Waals surface area contributed by atoms with Gasteiger partial charge in [-0.25, -0.2) is 9.97 Å².